The summed E-state index contributed by atoms with van der Waals surface area (Å²) in [6, 6.07) is 25.8. The fourth-order valence-corrected chi connectivity index (χ4v) is 7.18. The lowest BCUT2D eigenvalue weighted by molar-refractivity contribution is -0.138. The van der Waals surface area contributed by atoms with Gasteiger partial charge in [-0.05, 0) is 79.6 Å². The minimum Gasteiger partial charge on any atom is -0.481 e. The Bertz CT molecular complexity index is 1620. The van der Waals surface area contributed by atoms with Crippen LogP contribution < -0.4 is 0 Å². The molecule has 7 heteroatoms. The molecule has 3 aromatic carbocycles. The number of aliphatic carboxylic acids is 1. The van der Waals surface area contributed by atoms with Crippen LogP contribution in [0.2, 0.25) is 5.02 Å². The highest BCUT2D eigenvalue weighted by Gasteiger charge is 2.56. The number of aryl methyl sites for hydroxylation is 1. The Morgan fingerprint density at radius 2 is 1.88 bits per heavy atom. The van der Waals surface area contributed by atoms with E-state index in [1.807, 2.05) is 78.9 Å². The second kappa shape index (κ2) is 12.6. The number of pyridine rings is 1. The molecule has 4 nitrogen and oxygen atoms in total. The summed E-state index contributed by atoms with van der Waals surface area (Å²) >= 11 is 7.79. The first-order chi connectivity index (χ1) is 20.0. The first-order valence-electron chi connectivity index (χ1n) is 14.1. The van der Waals surface area contributed by atoms with Crippen LogP contribution in [0.1, 0.15) is 66.3 Å². The number of hydrogen-bond acceptors (Lipinski definition) is 4. The van der Waals surface area contributed by atoms with Gasteiger partial charge in [-0.25, -0.2) is 9.37 Å². The SMILES string of the molecule is CC(C)(O)c1ccccc1CC[C@@H](SC[C@@]1(CC(=O)O)C[C@@H]1F)c1cccc(/C=C/c2ccc3ccc(Cl)cc3n2)c1. The van der Waals surface area contributed by atoms with Crippen molar-refractivity contribution in [3.63, 3.8) is 0 Å². The number of aliphatic hydroxyl groups is 1. The lowest BCUT2D eigenvalue weighted by atomic mass is 9.90. The zero-order chi connectivity index (χ0) is 29.9. The van der Waals surface area contributed by atoms with Crippen molar-refractivity contribution in [2.75, 3.05) is 5.75 Å². The molecule has 218 valence electrons. The quantitative estimate of drug-likeness (QED) is 0.169. The molecule has 0 aliphatic heterocycles. The van der Waals surface area contributed by atoms with E-state index in [9.17, 15) is 19.4 Å². The molecule has 1 aliphatic rings. The second-order valence-corrected chi connectivity index (χ2v) is 13.4. The lowest BCUT2D eigenvalue weighted by Gasteiger charge is -2.24. The molecule has 0 spiro atoms. The standard InChI is InChI=1S/C35H35ClFNO3S/c1-34(2,41)29-9-4-3-7-24(29)13-17-31(42-22-35(20-32(35)37)21-33(39)40)26-8-5-6-23(18-26)10-15-28-16-12-25-11-14-27(36)19-30(25)38-28/h3-12,14-16,18-19,31-32,41H,13,17,20-22H2,1-2H3,(H,39,40)/b15-10+/t31-,32+,35+/m1/s1. The number of thioether (sulfide) groups is 1. The molecule has 1 aliphatic carbocycles. The van der Waals surface area contributed by atoms with Crippen LogP contribution in [0.15, 0.2) is 78.9 Å². The molecule has 1 heterocycles. The average molecular weight is 604 g/mol. The van der Waals surface area contributed by atoms with Crippen LogP contribution in [0.3, 0.4) is 0 Å². The highest BCUT2D eigenvalue weighted by atomic mass is 35.5. The predicted octanol–water partition coefficient (Wildman–Crippen LogP) is 8.90. The third-order valence-corrected chi connectivity index (χ3v) is 9.81. The van der Waals surface area contributed by atoms with Gasteiger partial charge in [-0.1, -0.05) is 78.3 Å². The molecular formula is C35H35ClFNO3S. The summed E-state index contributed by atoms with van der Waals surface area (Å²) in [6.07, 6.45) is 4.56. The Morgan fingerprint density at radius 3 is 2.62 bits per heavy atom. The molecule has 3 atom stereocenters. The van der Waals surface area contributed by atoms with Gasteiger partial charge in [0.2, 0.25) is 0 Å². The zero-order valence-corrected chi connectivity index (χ0v) is 25.3. The molecule has 1 aromatic heterocycles. The Kier molecular flexibility index (Phi) is 9.07. The van der Waals surface area contributed by atoms with Gasteiger partial charge >= 0.3 is 5.97 Å². The van der Waals surface area contributed by atoms with Gasteiger partial charge in [0.25, 0.3) is 0 Å². The monoisotopic (exact) mass is 603 g/mol. The molecule has 42 heavy (non-hydrogen) atoms. The van der Waals surface area contributed by atoms with E-state index in [-0.39, 0.29) is 11.7 Å². The van der Waals surface area contributed by atoms with Crippen molar-refractivity contribution in [3.05, 3.63) is 112 Å². The Hall–Kier alpha value is -3.19. The van der Waals surface area contributed by atoms with Crippen molar-refractivity contribution in [2.45, 2.75) is 56.6 Å². The zero-order valence-electron chi connectivity index (χ0n) is 23.8. The number of benzene rings is 3. The van der Waals surface area contributed by atoms with E-state index in [2.05, 4.69) is 12.1 Å². The van der Waals surface area contributed by atoms with Gasteiger partial charge in [0, 0.05) is 26.8 Å². The molecule has 2 N–H and O–H groups in total. The minimum atomic E-state index is -1.07. The molecule has 1 saturated carbocycles. The number of fused-ring (bicyclic) bond motifs is 1. The number of halogens is 2. The molecule has 0 bridgehead atoms. The van der Waals surface area contributed by atoms with Crippen molar-refractivity contribution >= 4 is 52.4 Å². The molecule has 5 rings (SSSR count). The van der Waals surface area contributed by atoms with Crippen LogP contribution in [-0.4, -0.2) is 33.1 Å². The fraction of sp³-hybridized carbons (Fsp3) is 0.314. The van der Waals surface area contributed by atoms with Crippen molar-refractivity contribution in [2.24, 2.45) is 5.41 Å². The summed E-state index contributed by atoms with van der Waals surface area (Å²) in [7, 11) is 0. The van der Waals surface area contributed by atoms with Gasteiger partial charge in [-0.15, -0.1) is 0 Å². The normalized spacial score (nSPS) is 19.3. The number of rotatable bonds is 12. The number of carboxylic acids is 1. The maximum atomic E-state index is 14.4. The summed E-state index contributed by atoms with van der Waals surface area (Å²) in [5.41, 5.74) is 3.98. The van der Waals surface area contributed by atoms with Gasteiger partial charge in [-0.3, -0.25) is 4.79 Å². The van der Waals surface area contributed by atoms with E-state index in [1.54, 1.807) is 25.6 Å². The van der Waals surface area contributed by atoms with Gasteiger partial charge in [-0.2, -0.15) is 11.8 Å². The summed E-state index contributed by atoms with van der Waals surface area (Å²) in [5, 5.41) is 21.8. The first-order valence-corrected chi connectivity index (χ1v) is 15.6. The number of carboxylic acid groups (broad SMARTS) is 1. The summed E-state index contributed by atoms with van der Waals surface area (Å²) in [5.74, 6) is -0.509. The van der Waals surface area contributed by atoms with Crippen LogP contribution in [0, 0.1) is 5.41 Å². The van der Waals surface area contributed by atoms with E-state index >= 15 is 0 Å². The van der Waals surface area contributed by atoms with Crippen LogP contribution in [0.5, 0.6) is 0 Å². The highest BCUT2D eigenvalue weighted by Crippen LogP contribution is 2.55. The van der Waals surface area contributed by atoms with E-state index in [4.69, 9.17) is 16.6 Å². The van der Waals surface area contributed by atoms with E-state index < -0.39 is 23.2 Å². The molecule has 0 amide bonds. The third kappa shape index (κ3) is 7.41. The second-order valence-electron chi connectivity index (χ2n) is 11.7. The van der Waals surface area contributed by atoms with Crippen molar-refractivity contribution in [1.29, 1.82) is 0 Å². The highest BCUT2D eigenvalue weighted by molar-refractivity contribution is 7.99. The summed E-state index contributed by atoms with van der Waals surface area (Å²) in [4.78, 5) is 16.2. The fourth-order valence-electron chi connectivity index (χ4n) is 5.46. The van der Waals surface area contributed by atoms with Gasteiger partial charge < -0.3 is 10.2 Å². The number of carbonyl (C=O) groups is 1. The van der Waals surface area contributed by atoms with Crippen molar-refractivity contribution < 1.29 is 19.4 Å². The summed E-state index contributed by atoms with van der Waals surface area (Å²) < 4.78 is 14.4. The van der Waals surface area contributed by atoms with Gasteiger partial charge in [0.15, 0.2) is 0 Å². The maximum Gasteiger partial charge on any atom is 0.304 e. The van der Waals surface area contributed by atoms with Crippen LogP contribution >= 0.6 is 23.4 Å². The Balaban J connectivity index is 1.38. The molecule has 0 radical (unpaired) electrons. The maximum absolute atomic E-state index is 14.4. The topological polar surface area (TPSA) is 70.4 Å². The number of nitrogens with zero attached hydrogens (tertiary/aromatic N) is 1. The van der Waals surface area contributed by atoms with Gasteiger partial charge in [0.05, 0.1) is 23.2 Å². The molecule has 1 fully saturated rings. The van der Waals surface area contributed by atoms with Crippen LogP contribution in [0.25, 0.3) is 23.1 Å². The largest absolute Gasteiger partial charge is 0.481 e. The van der Waals surface area contributed by atoms with Gasteiger partial charge in [0.1, 0.15) is 6.17 Å². The van der Waals surface area contributed by atoms with E-state index in [0.717, 1.165) is 51.7 Å². The lowest BCUT2D eigenvalue weighted by Crippen LogP contribution is -2.18. The molecule has 4 aromatic rings. The van der Waals surface area contributed by atoms with Crippen molar-refractivity contribution in [1.82, 2.24) is 4.98 Å². The number of alkyl halides is 1. The first kappa shape index (κ1) is 30.3. The third-order valence-electron chi connectivity index (χ3n) is 7.92. The Labute approximate surface area is 255 Å². The smallest absolute Gasteiger partial charge is 0.304 e. The molecular weight excluding hydrogens is 569 g/mol. The average Bonchev–Trinajstić information content (AvgIpc) is 3.58. The minimum absolute atomic E-state index is 0.0209. The van der Waals surface area contributed by atoms with Crippen LogP contribution in [0.4, 0.5) is 4.39 Å². The predicted molar refractivity (Wildman–Crippen MR) is 172 cm³/mol. The summed E-state index contributed by atoms with van der Waals surface area (Å²) in [6.45, 7) is 3.58. The molecule has 0 saturated heterocycles. The van der Waals surface area contributed by atoms with Crippen LogP contribution in [-0.2, 0) is 16.8 Å². The molecule has 0 unspecified atom stereocenters. The number of aromatic nitrogens is 1. The number of hydrogen-bond donors (Lipinski definition) is 2. The Morgan fingerprint density at radius 1 is 1.12 bits per heavy atom. The van der Waals surface area contributed by atoms with E-state index in [1.165, 1.54) is 0 Å². The van der Waals surface area contributed by atoms with Crippen molar-refractivity contribution in [3.8, 4) is 0 Å². The van der Waals surface area contributed by atoms with E-state index in [0.29, 0.717) is 17.2 Å².